The van der Waals surface area contributed by atoms with Gasteiger partial charge in [0.05, 0.1) is 29.5 Å². The van der Waals surface area contributed by atoms with Gasteiger partial charge in [-0.25, -0.2) is 4.98 Å². The van der Waals surface area contributed by atoms with Crippen LogP contribution >= 0.6 is 0 Å². The van der Waals surface area contributed by atoms with Crippen molar-refractivity contribution in [2.45, 2.75) is 0 Å². The van der Waals surface area contributed by atoms with Crippen molar-refractivity contribution in [3.8, 4) is 5.75 Å². The number of anilines is 2. The van der Waals surface area contributed by atoms with E-state index in [0.717, 1.165) is 16.3 Å². The Kier molecular flexibility index (Phi) is 2.23. The molecule has 90 valence electrons. The molecule has 0 saturated carbocycles. The van der Waals surface area contributed by atoms with E-state index in [4.69, 9.17) is 16.2 Å². The minimum atomic E-state index is 0.569. The van der Waals surface area contributed by atoms with Crippen LogP contribution in [-0.2, 0) is 0 Å². The van der Waals surface area contributed by atoms with Crippen LogP contribution < -0.4 is 16.2 Å². The van der Waals surface area contributed by atoms with Gasteiger partial charge < -0.3 is 16.2 Å². The number of pyridine rings is 1. The van der Waals surface area contributed by atoms with E-state index in [-0.39, 0.29) is 0 Å². The highest BCUT2D eigenvalue weighted by Crippen LogP contribution is 2.35. The molecule has 0 fully saturated rings. The molecule has 4 heteroatoms. The second kappa shape index (κ2) is 3.77. The first-order valence-electron chi connectivity index (χ1n) is 5.62. The second-order valence-electron chi connectivity index (χ2n) is 4.16. The van der Waals surface area contributed by atoms with Gasteiger partial charge >= 0.3 is 0 Å². The number of hydrogen-bond donors (Lipinski definition) is 2. The normalized spacial score (nSPS) is 10.9. The van der Waals surface area contributed by atoms with Gasteiger partial charge in [-0.3, -0.25) is 0 Å². The van der Waals surface area contributed by atoms with Crippen LogP contribution in [0.3, 0.4) is 0 Å². The molecule has 4 nitrogen and oxygen atoms in total. The van der Waals surface area contributed by atoms with Gasteiger partial charge in [-0.1, -0.05) is 18.2 Å². The summed E-state index contributed by atoms with van der Waals surface area (Å²) in [6, 6.07) is 11.6. The SMILES string of the molecule is COc1cc(N)c2nc3ccccc3cc2c1N. The van der Waals surface area contributed by atoms with Gasteiger partial charge in [0.25, 0.3) is 0 Å². The Morgan fingerprint density at radius 3 is 2.67 bits per heavy atom. The largest absolute Gasteiger partial charge is 0.494 e. The quantitative estimate of drug-likeness (QED) is 0.505. The van der Waals surface area contributed by atoms with Crippen molar-refractivity contribution in [2.24, 2.45) is 0 Å². The zero-order valence-electron chi connectivity index (χ0n) is 9.97. The van der Waals surface area contributed by atoms with Crippen molar-refractivity contribution in [2.75, 3.05) is 18.6 Å². The summed E-state index contributed by atoms with van der Waals surface area (Å²) in [5.41, 5.74) is 14.8. The predicted octanol–water partition coefficient (Wildman–Crippen LogP) is 2.56. The molecule has 0 atom stereocenters. The van der Waals surface area contributed by atoms with Gasteiger partial charge in [0.15, 0.2) is 0 Å². The molecule has 0 spiro atoms. The van der Waals surface area contributed by atoms with E-state index >= 15 is 0 Å². The van der Waals surface area contributed by atoms with E-state index in [2.05, 4.69) is 4.98 Å². The lowest BCUT2D eigenvalue weighted by molar-refractivity contribution is 0.417. The molecule has 0 unspecified atom stereocenters. The van der Waals surface area contributed by atoms with Crippen LogP contribution in [-0.4, -0.2) is 12.1 Å². The fraction of sp³-hybridized carbons (Fsp3) is 0.0714. The molecule has 1 aromatic heterocycles. The Hall–Kier alpha value is -2.49. The van der Waals surface area contributed by atoms with Crippen molar-refractivity contribution in [3.63, 3.8) is 0 Å². The third-order valence-electron chi connectivity index (χ3n) is 3.06. The zero-order valence-corrected chi connectivity index (χ0v) is 9.97. The summed E-state index contributed by atoms with van der Waals surface area (Å²) in [5, 5.41) is 1.86. The third-order valence-corrected chi connectivity index (χ3v) is 3.06. The molecule has 0 radical (unpaired) electrons. The Morgan fingerprint density at radius 1 is 1.11 bits per heavy atom. The summed E-state index contributed by atoms with van der Waals surface area (Å²) in [6.07, 6.45) is 0. The highest BCUT2D eigenvalue weighted by molar-refractivity contribution is 6.05. The maximum atomic E-state index is 6.07. The first kappa shape index (κ1) is 10.7. The predicted molar refractivity (Wildman–Crippen MR) is 74.6 cm³/mol. The summed E-state index contributed by atoms with van der Waals surface area (Å²) in [4.78, 5) is 4.55. The first-order chi connectivity index (χ1) is 8.70. The molecule has 3 rings (SSSR count). The molecule has 1 heterocycles. The average Bonchev–Trinajstić information content (AvgIpc) is 2.41. The van der Waals surface area contributed by atoms with Crippen molar-refractivity contribution in [3.05, 3.63) is 36.4 Å². The van der Waals surface area contributed by atoms with E-state index in [0.29, 0.717) is 22.6 Å². The average molecular weight is 239 g/mol. The van der Waals surface area contributed by atoms with Gasteiger partial charge in [-0.2, -0.15) is 0 Å². The molecule has 4 N–H and O–H groups in total. The van der Waals surface area contributed by atoms with Crippen LogP contribution in [0.15, 0.2) is 36.4 Å². The maximum absolute atomic E-state index is 6.07. The smallest absolute Gasteiger partial charge is 0.144 e. The van der Waals surface area contributed by atoms with E-state index in [1.165, 1.54) is 0 Å². The Balaban J connectivity index is 2.49. The lowest BCUT2D eigenvalue weighted by Crippen LogP contribution is -1.98. The number of rotatable bonds is 1. The number of hydrogen-bond acceptors (Lipinski definition) is 4. The van der Waals surface area contributed by atoms with Crippen LogP contribution in [0.25, 0.3) is 21.8 Å². The number of nitrogens with zero attached hydrogens (tertiary/aromatic N) is 1. The summed E-state index contributed by atoms with van der Waals surface area (Å²) in [5.74, 6) is 0.581. The highest BCUT2D eigenvalue weighted by Gasteiger charge is 2.10. The number of ether oxygens (including phenoxy) is 1. The first-order valence-corrected chi connectivity index (χ1v) is 5.62. The minimum Gasteiger partial charge on any atom is -0.494 e. The van der Waals surface area contributed by atoms with E-state index < -0.39 is 0 Å². The molecular formula is C14H13N3O. The number of nitrogens with two attached hydrogens (primary N) is 2. The number of aromatic nitrogens is 1. The van der Waals surface area contributed by atoms with Crippen molar-refractivity contribution in [1.82, 2.24) is 4.98 Å². The summed E-state index contributed by atoms with van der Waals surface area (Å²) >= 11 is 0. The lowest BCUT2D eigenvalue weighted by atomic mass is 10.1. The summed E-state index contributed by atoms with van der Waals surface area (Å²) in [7, 11) is 1.57. The maximum Gasteiger partial charge on any atom is 0.144 e. The number of para-hydroxylation sites is 1. The molecule has 0 aliphatic rings. The van der Waals surface area contributed by atoms with Crippen molar-refractivity contribution in [1.29, 1.82) is 0 Å². The fourth-order valence-corrected chi connectivity index (χ4v) is 2.13. The van der Waals surface area contributed by atoms with Crippen LogP contribution in [0.4, 0.5) is 11.4 Å². The van der Waals surface area contributed by atoms with E-state index in [1.54, 1.807) is 13.2 Å². The van der Waals surface area contributed by atoms with Gasteiger partial charge in [0, 0.05) is 16.8 Å². The topological polar surface area (TPSA) is 74.2 Å². The molecule has 0 bridgehead atoms. The molecule has 0 aliphatic carbocycles. The molecule has 0 aliphatic heterocycles. The summed E-state index contributed by atoms with van der Waals surface area (Å²) in [6.45, 7) is 0. The monoisotopic (exact) mass is 239 g/mol. The number of methoxy groups -OCH3 is 1. The van der Waals surface area contributed by atoms with Crippen LogP contribution in [0.1, 0.15) is 0 Å². The molecule has 18 heavy (non-hydrogen) atoms. The summed E-state index contributed by atoms with van der Waals surface area (Å²) < 4.78 is 5.21. The van der Waals surface area contributed by atoms with Gasteiger partial charge in [-0.15, -0.1) is 0 Å². The zero-order chi connectivity index (χ0) is 12.7. The third kappa shape index (κ3) is 1.43. The van der Waals surface area contributed by atoms with Gasteiger partial charge in [0.2, 0.25) is 0 Å². The van der Waals surface area contributed by atoms with E-state index in [9.17, 15) is 0 Å². The standard InChI is InChI=1S/C14H13N3O/c1-18-12-7-10(15)14-9(13(12)16)6-8-4-2-3-5-11(8)17-14/h2-7H,15-16H2,1H3. The number of fused-ring (bicyclic) bond motifs is 2. The van der Waals surface area contributed by atoms with Crippen LogP contribution in [0.5, 0.6) is 5.75 Å². The molecular weight excluding hydrogens is 226 g/mol. The molecule has 2 aromatic carbocycles. The van der Waals surface area contributed by atoms with Crippen LogP contribution in [0.2, 0.25) is 0 Å². The Morgan fingerprint density at radius 2 is 1.89 bits per heavy atom. The number of nitrogen functional groups attached to an aromatic ring is 2. The van der Waals surface area contributed by atoms with Gasteiger partial charge in [0.1, 0.15) is 5.75 Å². The fourth-order valence-electron chi connectivity index (χ4n) is 2.13. The second-order valence-corrected chi connectivity index (χ2v) is 4.16. The van der Waals surface area contributed by atoms with Crippen molar-refractivity contribution >= 4 is 33.2 Å². The van der Waals surface area contributed by atoms with Crippen molar-refractivity contribution < 1.29 is 4.74 Å². The number of benzene rings is 2. The lowest BCUT2D eigenvalue weighted by Gasteiger charge is -2.11. The minimum absolute atomic E-state index is 0.569. The molecule has 3 aromatic rings. The van der Waals surface area contributed by atoms with E-state index in [1.807, 2.05) is 30.3 Å². The Labute approximate surface area is 104 Å². The highest BCUT2D eigenvalue weighted by atomic mass is 16.5. The molecule has 0 saturated heterocycles. The Bertz CT molecular complexity index is 753. The van der Waals surface area contributed by atoms with Gasteiger partial charge in [-0.05, 0) is 12.1 Å². The van der Waals surface area contributed by atoms with Crippen LogP contribution in [0, 0.1) is 0 Å². The molecule has 0 amide bonds.